The van der Waals surface area contributed by atoms with Crippen molar-refractivity contribution < 1.29 is 12.8 Å². The number of hydrogen-bond acceptors (Lipinski definition) is 4. The van der Waals surface area contributed by atoms with E-state index in [0.717, 1.165) is 49.8 Å². The fourth-order valence-electron chi connectivity index (χ4n) is 2.70. The molecular weight excluding hydrogens is 329 g/mol. The first-order valence-corrected chi connectivity index (χ1v) is 9.42. The second kappa shape index (κ2) is 6.76. The number of anilines is 2. The van der Waals surface area contributed by atoms with E-state index in [1.165, 1.54) is 18.3 Å². The quantitative estimate of drug-likeness (QED) is 0.920. The number of halogens is 1. The van der Waals surface area contributed by atoms with Gasteiger partial charge >= 0.3 is 0 Å². The molecule has 0 unspecified atom stereocenters. The van der Waals surface area contributed by atoms with Gasteiger partial charge in [0.1, 0.15) is 11.6 Å². The maximum atomic E-state index is 12.9. The summed E-state index contributed by atoms with van der Waals surface area (Å²) < 4.78 is 39.9. The Labute approximate surface area is 141 Å². The van der Waals surface area contributed by atoms with E-state index in [9.17, 15) is 12.8 Å². The number of hydrogen-bond donors (Lipinski definition) is 1. The van der Waals surface area contributed by atoms with Crippen LogP contribution in [0.4, 0.5) is 15.9 Å². The van der Waals surface area contributed by atoms with Gasteiger partial charge in [0.05, 0.1) is 16.8 Å². The van der Waals surface area contributed by atoms with Gasteiger partial charge in [-0.05, 0) is 55.2 Å². The van der Waals surface area contributed by atoms with Crippen LogP contribution in [0.25, 0.3) is 0 Å². The highest BCUT2D eigenvalue weighted by atomic mass is 32.2. The molecule has 0 bridgehead atoms. The lowest BCUT2D eigenvalue weighted by molar-refractivity contribution is 0.436. The molecule has 24 heavy (non-hydrogen) atoms. The number of piperidine rings is 1. The highest BCUT2D eigenvalue weighted by Gasteiger charge is 2.18. The Morgan fingerprint density at radius 2 is 1.79 bits per heavy atom. The first kappa shape index (κ1) is 16.7. The molecule has 1 aromatic carbocycles. The molecule has 128 valence electrons. The lowest BCUT2D eigenvalue weighted by Gasteiger charge is -2.31. The minimum absolute atomic E-state index is 0.0120. The number of rotatable bonds is 4. The molecule has 0 atom stereocenters. The number of nitrogens with zero attached hydrogens (tertiary/aromatic N) is 2. The minimum Gasteiger partial charge on any atom is -0.357 e. The summed E-state index contributed by atoms with van der Waals surface area (Å²) in [5.41, 5.74) is 0.383. The van der Waals surface area contributed by atoms with E-state index in [-0.39, 0.29) is 4.90 Å². The van der Waals surface area contributed by atoms with E-state index in [1.807, 2.05) is 6.07 Å². The van der Waals surface area contributed by atoms with Gasteiger partial charge in [-0.2, -0.15) is 0 Å². The molecular formula is C17H20FN3O2S. The molecule has 1 saturated heterocycles. The average Bonchev–Trinajstić information content (AvgIpc) is 2.56. The molecule has 0 spiro atoms. The van der Waals surface area contributed by atoms with Crippen molar-refractivity contribution in [3.8, 4) is 0 Å². The van der Waals surface area contributed by atoms with Gasteiger partial charge in [-0.15, -0.1) is 0 Å². The highest BCUT2D eigenvalue weighted by Crippen LogP contribution is 2.23. The number of aromatic nitrogens is 1. The molecule has 1 aromatic heterocycles. The molecule has 1 fully saturated rings. The summed E-state index contributed by atoms with van der Waals surface area (Å²) >= 11 is 0. The SMILES string of the molecule is CC1CCN(c2ccc(NS(=O)(=O)c3ccc(F)cc3)cn2)CC1. The van der Waals surface area contributed by atoms with Crippen LogP contribution < -0.4 is 9.62 Å². The smallest absolute Gasteiger partial charge is 0.261 e. The van der Waals surface area contributed by atoms with E-state index in [4.69, 9.17) is 0 Å². The summed E-state index contributed by atoms with van der Waals surface area (Å²) in [5, 5.41) is 0. The van der Waals surface area contributed by atoms with Gasteiger partial charge in [0.2, 0.25) is 0 Å². The molecule has 0 amide bonds. The molecule has 2 aromatic rings. The van der Waals surface area contributed by atoms with Crippen LogP contribution in [0.3, 0.4) is 0 Å². The van der Waals surface area contributed by atoms with Gasteiger partial charge in [-0.3, -0.25) is 4.72 Å². The molecule has 3 rings (SSSR count). The van der Waals surface area contributed by atoms with Gasteiger partial charge in [0.25, 0.3) is 10.0 Å². The standard InChI is InChI=1S/C17H20FN3O2S/c1-13-8-10-21(11-9-13)17-7-4-15(12-19-17)20-24(22,23)16-5-2-14(18)3-6-16/h2-7,12-13,20H,8-11H2,1H3. The summed E-state index contributed by atoms with van der Waals surface area (Å²) in [4.78, 5) is 6.58. The number of pyridine rings is 1. The maximum absolute atomic E-state index is 12.9. The molecule has 2 heterocycles. The first-order chi connectivity index (χ1) is 11.4. The minimum atomic E-state index is -3.75. The van der Waals surface area contributed by atoms with E-state index in [0.29, 0.717) is 5.69 Å². The zero-order chi connectivity index (χ0) is 17.2. The number of benzene rings is 1. The molecule has 1 aliphatic heterocycles. The van der Waals surface area contributed by atoms with E-state index >= 15 is 0 Å². The monoisotopic (exact) mass is 349 g/mol. The predicted molar refractivity (Wildman–Crippen MR) is 92.1 cm³/mol. The number of nitrogens with one attached hydrogen (secondary N) is 1. The fourth-order valence-corrected chi connectivity index (χ4v) is 3.74. The molecule has 0 aliphatic carbocycles. The van der Waals surface area contributed by atoms with E-state index < -0.39 is 15.8 Å². The maximum Gasteiger partial charge on any atom is 0.261 e. The summed E-state index contributed by atoms with van der Waals surface area (Å²) in [7, 11) is -3.75. The summed E-state index contributed by atoms with van der Waals surface area (Å²) in [6.07, 6.45) is 3.79. The number of sulfonamides is 1. The van der Waals surface area contributed by atoms with Gasteiger partial charge in [-0.25, -0.2) is 17.8 Å². The second-order valence-corrected chi connectivity index (χ2v) is 7.82. The Kier molecular flexibility index (Phi) is 4.71. The summed E-state index contributed by atoms with van der Waals surface area (Å²) in [5.74, 6) is 1.12. The van der Waals surface area contributed by atoms with Crippen LogP contribution in [-0.2, 0) is 10.0 Å². The predicted octanol–water partition coefficient (Wildman–Crippen LogP) is 3.26. The largest absolute Gasteiger partial charge is 0.357 e. The normalized spacial score (nSPS) is 16.2. The molecule has 1 N–H and O–H groups in total. The van der Waals surface area contributed by atoms with Crippen LogP contribution in [-0.4, -0.2) is 26.5 Å². The van der Waals surface area contributed by atoms with E-state index in [1.54, 1.807) is 6.07 Å². The molecule has 1 aliphatic rings. The van der Waals surface area contributed by atoms with Crippen LogP contribution in [0, 0.1) is 11.7 Å². The second-order valence-electron chi connectivity index (χ2n) is 6.13. The Balaban J connectivity index is 1.70. The molecule has 0 saturated carbocycles. The van der Waals surface area contributed by atoms with Gasteiger partial charge in [0, 0.05) is 13.1 Å². The van der Waals surface area contributed by atoms with Crippen LogP contribution in [0.5, 0.6) is 0 Å². The highest BCUT2D eigenvalue weighted by molar-refractivity contribution is 7.92. The van der Waals surface area contributed by atoms with Crippen molar-refractivity contribution in [1.82, 2.24) is 4.98 Å². The molecule has 5 nitrogen and oxygen atoms in total. The Morgan fingerprint density at radius 1 is 1.12 bits per heavy atom. The molecule has 7 heteroatoms. The van der Waals surface area contributed by atoms with Crippen molar-refractivity contribution in [1.29, 1.82) is 0 Å². The average molecular weight is 349 g/mol. The van der Waals surface area contributed by atoms with Crippen molar-refractivity contribution in [3.05, 3.63) is 48.4 Å². The van der Waals surface area contributed by atoms with Crippen molar-refractivity contribution in [3.63, 3.8) is 0 Å². The van der Waals surface area contributed by atoms with Crippen LogP contribution in [0.15, 0.2) is 47.5 Å². The topological polar surface area (TPSA) is 62.3 Å². The lowest BCUT2D eigenvalue weighted by Crippen LogP contribution is -2.33. The third-order valence-electron chi connectivity index (χ3n) is 4.23. The first-order valence-electron chi connectivity index (χ1n) is 7.93. The van der Waals surface area contributed by atoms with Crippen LogP contribution >= 0.6 is 0 Å². The van der Waals surface area contributed by atoms with Gasteiger partial charge < -0.3 is 4.90 Å². The third-order valence-corrected chi connectivity index (χ3v) is 5.63. The zero-order valence-corrected chi connectivity index (χ0v) is 14.3. The van der Waals surface area contributed by atoms with Crippen LogP contribution in [0.1, 0.15) is 19.8 Å². The van der Waals surface area contributed by atoms with Crippen molar-refractivity contribution in [2.24, 2.45) is 5.92 Å². The summed E-state index contributed by atoms with van der Waals surface area (Å²) in [6.45, 7) is 4.18. The zero-order valence-electron chi connectivity index (χ0n) is 13.4. The lowest BCUT2D eigenvalue weighted by atomic mass is 9.99. The van der Waals surface area contributed by atoms with Crippen molar-refractivity contribution in [2.75, 3.05) is 22.7 Å². The van der Waals surface area contributed by atoms with Crippen molar-refractivity contribution >= 4 is 21.5 Å². The Bertz CT molecular complexity index is 784. The van der Waals surface area contributed by atoms with Gasteiger partial charge in [-0.1, -0.05) is 6.92 Å². The third kappa shape index (κ3) is 3.84. The van der Waals surface area contributed by atoms with E-state index in [2.05, 4.69) is 21.5 Å². The fraction of sp³-hybridized carbons (Fsp3) is 0.353. The van der Waals surface area contributed by atoms with Gasteiger partial charge in [0.15, 0.2) is 0 Å². The Hall–Kier alpha value is -2.15. The molecule has 0 radical (unpaired) electrons. The summed E-state index contributed by atoms with van der Waals surface area (Å²) in [6, 6.07) is 8.21. The van der Waals surface area contributed by atoms with Crippen molar-refractivity contribution in [2.45, 2.75) is 24.7 Å². The Morgan fingerprint density at radius 3 is 2.38 bits per heavy atom. The van der Waals surface area contributed by atoms with Crippen LogP contribution in [0.2, 0.25) is 0 Å².